The van der Waals surface area contributed by atoms with Gasteiger partial charge in [0.05, 0.1) is 18.3 Å². The Morgan fingerprint density at radius 1 is 1.00 bits per heavy atom. The third kappa shape index (κ3) is 5.72. The molecule has 126 valence electrons. The number of nitrogens with one attached hydrogen (secondary N) is 2. The van der Waals surface area contributed by atoms with E-state index in [0.717, 1.165) is 0 Å². The number of rotatable bonds is 6. The first kappa shape index (κ1) is 17.5. The first-order chi connectivity index (χ1) is 11.4. The SMILES string of the molecule is CC(C)CC(=O)Nc1ccc(NC(=O)Cc2ccc(N)cn2)cc1. The van der Waals surface area contributed by atoms with Crippen molar-refractivity contribution in [1.29, 1.82) is 0 Å². The zero-order valence-electron chi connectivity index (χ0n) is 13.9. The lowest BCUT2D eigenvalue weighted by Gasteiger charge is -2.09. The molecule has 6 nitrogen and oxygen atoms in total. The molecule has 6 heteroatoms. The van der Waals surface area contributed by atoms with Crippen LogP contribution in [0.4, 0.5) is 17.1 Å². The van der Waals surface area contributed by atoms with Gasteiger partial charge in [0.1, 0.15) is 0 Å². The number of carbonyl (C=O) groups is 2. The van der Waals surface area contributed by atoms with Crippen molar-refractivity contribution in [2.45, 2.75) is 26.7 Å². The zero-order chi connectivity index (χ0) is 17.5. The van der Waals surface area contributed by atoms with Crippen molar-refractivity contribution >= 4 is 28.9 Å². The second-order valence-corrected chi connectivity index (χ2v) is 6.03. The summed E-state index contributed by atoms with van der Waals surface area (Å²) >= 11 is 0. The highest BCUT2D eigenvalue weighted by Gasteiger charge is 2.07. The van der Waals surface area contributed by atoms with Gasteiger partial charge in [0.15, 0.2) is 0 Å². The van der Waals surface area contributed by atoms with E-state index in [1.54, 1.807) is 36.4 Å². The molecule has 0 aliphatic carbocycles. The van der Waals surface area contributed by atoms with Crippen LogP contribution in [0, 0.1) is 5.92 Å². The van der Waals surface area contributed by atoms with Crippen molar-refractivity contribution in [2.24, 2.45) is 5.92 Å². The maximum absolute atomic E-state index is 12.0. The van der Waals surface area contributed by atoms with E-state index in [4.69, 9.17) is 5.73 Å². The van der Waals surface area contributed by atoms with Crippen molar-refractivity contribution < 1.29 is 9.59 Å². The summed E-state index contributed by atoms with van der Waals surface area (Å²) in [5.41, 5.74) is 8.15. The Hall–Kier alpha value is -2.89. The van der Waals surface area contributed by atoms with E-state index in [1.807, 2.05) is 13.8 Å². The van der Waals surface area contributed by atoms with Crippen LogP contribution < -0.4 is 16.4 Å². The molecule has 1 heterocycles. The summed E-state index contributed by atoms with van der Waals surface area (Å²) in [5.74, 6) is 0.130. The Labute approximate surface area is 141 Å². The van der Waals surface area contributed by atoms with Gasteiger partial charge < -0.3 is 16.4 Å². The number of anilines is 3. The molecule has 2 amide bonds. The Bertz CT molecular complexity index is 694. The number of amides is 2. The first-order valence-corrected chi connectivity index (χ1v) is 7.82. The maximum Gasteiger partial charge on any atom is 0.230 e. The van der Waals surface area contributed by atoms with Gasteiger partial charge in [-0.15, -0.1) is 0 Å². The summed E-state index contributed by atoms with van der Waals surface area (Å²) in [6.07, 6.45) is 2.18. The van der Waals surface area contributed by atoms with E-state index in [0.29, 0.717) is 35.1 Å². The van der Waals surface area contributed by atoms with Crippen LogP contribution in [-0.4, -0.2) is 16.8 Å². The topological polar surface area (TPSA) is 97.1 Å². The lowest BCUT2D eigenvalue weighted by Crippen LogP contribution is -2.16. The number of hydrogen-bond acceptors (Lipinski definition) is 4. The van der Waals surface area contributed by atoms with Gasteiger partial charge in [0.2, 0.25) is 11.8 Å². The van der Waals surface area contributed by atoms with E-state index >= 15 is 0 Å². The zero-order valence-corrected chi connectivity index (χ0v) is 13.9. The fourth-order valence-electron chi connectivity index (χ4n) is 2.13. The highest BCUT2D eigenvalue weighted by atomic mass is 16.2. The fourth-order valence-corrected chi connectivity index (χ4v) is 2.13. The highest BCUT2D eigenvalue weighted by Crippen LogP contribution is 2.15. The summed E-state index contributed by atoms with van der Waals surface area (Å²) in [7, 11) is 0. The summed E-state index contributed by atoms with van der Waals surface area (Å²) < 4.78 is 0. The van der Waals surface area contributed by atoms with E-state index in [1.165, 1.54) is 6.20 Å². The van der Waals surface area contributed by atoms with E-state index < -0.39 is 0 Å². The molecule has 0 atom stereocenters. The molecule has 0 saturated carbocycles. The number of nitrogen functional groups attached to an aromatic ring is 1. The molecule has 4 N–H and O–H groups in total. The number of benzene rings is 1. The molecule has 1 aromatic carbocycles. The van der Waals surface area contributed by atoms with Crippen molar-refractivity contribution in [3.8, 4) is 0 Å². The van der Waals surface area contributed by atoms with E-state index in [-0.39, 0.29) is 18.2 Å². The van der Waals surface area contributed by atoms with E-state index in [2.05, 4.69) is 15.6 Å². The van der Waals surface area contributed by atoms with Gasteiger partial charge >= 0.3 is 0 Å². The third-order valence-corrected chi connectivity index (χ3v) is 3.24. The number of nitrogens with zero attached hydrogens (tertiary/aromatic N) is 1. The van der Waals surface area contributed by atoms with Gasteiger partial charge in [-0.1, -0.05) is 13.8 Å². The highest BCUT2D eigenvalue weighted by molar-refractivity contribution is 5.93. The van der Waals surface area contributed by atoms with Crippen LogP contribution in [0.5, 0.6) is 0 Å². The average molecular weight is 326 g/mol. The number of nitrogens with two attached hydrogens (primary N) is 1. The lowest BCUT2D eigenvalue weighted by molar-refractivity contribution is -0.117. The van der Waals surface area contributed by atoms with Gasteiger partial charge in [-0.25, -0.2) is 0 Å². The quantitative estimate of drug-likeness (QED) is 0.760. The molecular formula is C18H22N4O2. The van der Waals surface area contributed by atoms with Crippen LogP contribution in [-0.2, 0) is 16.0 Å². The largest absolute Gasteiger partial charge is 0.397 e. The van der Waals surface area contributed by atoms with Crippen LogP contribution in [0.15, 0.2) is 42.6 Å². The van der Waals surface area contributed by atoms with Gasteiger partial charge in [0.25, 0.3) is 0 Å². The normalized spacial score (nSPS) is 10.5. The summed E-state index contributed by atoms with van der Waals surface area (Å²) in [4.78, 5) is 27.8. The summed E-state index contributed by atoms with van der Waals surface area (Å²) in [5, 5.41) is 5.62. The molecule has 0 bridgehead atoms. The smallest absolute Gasteiger partial charge is 0.230 e. The molecule has 0 saturated heterocycles. The van der Waals surface area contributed by atoms with Crippen LogP contribution in [0.1, 0.15) is 26.0 Å². The monoisotopic (exact) mass is 326 g/mol. The molecule has 2 rings (SSSR count). The fraction of sp³-hybridized carbons (Fsp3) is 0.278. The molecule has 0 spiro atoms. The maximum atomic E-state index is 12.0. The number of hydrogen-bond donors (Lipinski definition) is 3. The van der Waals surface area contributed by atoms with Crippen LogP contribution >= 0.6 is 0 Å². The third-order valence-electron chi connectivity index (χ3n) is 3.24. The lowest BCUT2D eigenvalue weighted by atomic mass is 10.1. The Kier molecular flexibility index (Phi) is 5.89. The number of aromatic nitrogens is 1. The average Bonchev–Trinajstić information content (AvgIpc) is 2.51. The molecular weight excluding hydrogens is 304 g/mol. The molecule has 0 unspecified atom stereocenters. The van der Waals surface area contributed by atoms with Crippen molar-refractivity contribution in [1.82, 2.24) is 4.98 Å². The van der Waals surface area contributed by atoms with Crippen LogP contribution in [0.25, 0.3) is 0 Å². The molecule has 1 aromatic heterocycles. The number of carbonyl (C=O) groups excluding carboxylic acids is 2. The number of pyridine rings is 1. The standard InChI is InChI=1S/C18H22N4O2/c1-12(2)9-17(23)21-14-5-7-15(8-6-14)22-18(24)10-16-4-3-13(19)11-20-16/h3-8,11-12H,9-10,19H2,1-2H3,(H,21,23)(H,22,24). The van der Waals surface area contributed by atoms with Gasteiger partial charge in [-0.2, -0.15) is 0 Å². The predicted molar refractivity (Wildman–Crippen MR) is 95.5 cm³/mol. The Morgan fingerprint density at radius 2 is 1.58 bits per heavy atom. The van der Waals surface area contributed by atoms with Crippen molar-refractivity contribution in [3.05, 3.63) is 48.3 Å². The van der Waals surface area contributed by atoms with Crippen LogP contribution in [0.2, 0.25) is 0 Å². The van der Waals surface area contributed by atoms with Gasteiger partial charge in [-0.3, -0.25) is 14.6 Å². The minimum Gasteiger partial charge on any atom is -0.397 e. The van der Waals surface area contributed by atoms with Gasteiger partial charge in [-0.05, 0) is 42.3 Å². The van der Waals surface area contributed by atoms with Crippen molar-refractivity contribution in [3.63, 3.8) is 0 Å². The molecule has 2 aromatic rings. The summed E-state index contributed by atoms with van der Waals surface area (Å²) in [6.45, 7) is 3.99. The minimum absolute atomic E-state index is 0.0174. The first-order valence-electron chi connectivity index (χ1n) is 7.82. The second kappa shape index (κ2) is 8.10. The molecule has 0 radical (unpaired) electrons. The Morgan fingerprint density at radius 3 is 2.08 bits per heavy atom. The van der Waals surface area contributed by atoms with Gasteiger partial charge in [0, 0.05) is 23.5 Å². The minimum atomic E-state index is -0.163. The second-order valence-electron chi connectivity index (χ2n) is 6.03. The predicted octanol–water partition coefficient (Wildman–Crippen LogP) is 2.83. The summed E-state index contributed by atoms with van der Waals surface area (Å²) in [6, 6.07) is 10.5. The molecule has 0 aliphatic heterocycles. The molecule has 24 heavy (non-hydrogen) atoms. The van der Waals surface area contributed by atoms with Crippen LogP contribution in [0.3, 0.4) is 0 Å². The van der Waals surface area contributed by atoms with E-state index in [9.17, 15) is 9.59 Å². The molecule has 0 aliphatic rings. The Balaban J connectivity index is 1.87. The van der Waals surface area contributed by atoms with Crippen molar-refractivity contribution in [2.75, 3.05) is 16.4 Å². The molecule has 0 fully saturated rings.